The zero-order valence-corrected chi connectivity index (χ0v) is 22.5. The summed E-state index contributed by atoms with van der Waals surface area (Å²) in [4.78, 5) is 12.8. The van der Waals surface area contributed by atoms with E-state index < -0.39 is 6.10 Å². The van der Waals surface area contributed by atoms with Gasteiger partial charge in [0.1, 0.15) is 5.78 Å². The van der Waals surface area contributed by atoms with Crippen molar-refractivity contribution in [3.8, 4) is 0 Å². The Balaban J connectivity index is 1.56. The SMILES string of the molecule is CC1C(=O)CC(O)C2C1(C)CCC1C2(C)CCC2(C)C3CC(C)(CO)CCC3(C)CCC12C. The van der Waals surface area contributed by atoms with Crippen LogP contribution in [-0.4, -0.2) is 28.7 Å². The van der Waals surface area contributed by atoms with Gasteiger partial charge in [-0.15, -0.1) is 0 Å². The van der Waals surface area contributed by atoms with Gasteiger partial charge in [-0.2, -0.15) is 0 Å². The number of Topliss-reactive ketones (excluding diaryl/α,β-unsaturated/α-hetero) is 1. The summed E-state index contributed by atoms with van der Waals surface area (Å²) in [6, 6.07) is 0. The standard InChI is InChI=1S/C30H50O3/c1-19-20(32)16-21(33)24-27(19,4)9-8-22-28(24,5)13-15-30(7)23-17-25(2,18-31)10-11-26(23,3)12-14-29(22,30)6/h19,21-24,31,33H,8-18H2,1-7H3. The zero-order chi connectivity index (χ0) is 24.2. The Labute approximate surface area is 202 Å². The van der Waals surface area contributed by atoms with Crippen LogP contribution < -0.4 is 0 Å². The predicted molar refractivity (Wildman–Crippen MR) is 133 cm³/mol. The van der Waals surface area contributed by atoms with Crippen molar-refractivity contribution >= 4 is 5.78 Å². The Morgan fingerprint density at radius 3 is 2.09 bits per heavy atom. The van der Waals surface area contributed by atoms with E-state index in [0.717, 1.165) is 19.3 Å². The average Bonchev–Trinajstić information content (AvgIpc) is 2.75. The van der Waals surface area contributed by atoms with Crippen LogP contribution in [0.3, 0.4) is 0 Å². The Bertz CT molecular complexity index is 838. The molecule has 3 nitrogen and oxygen atoms in total. The van der Waals surface area contributed by atoms with E-state index in [0.29, 0.717) is 30.3 Å². The molecule has 0 aliphatic heterocycles. The molecule has 0 aromatic carbocycles. The van der Waals surface area contributed by atoms with Crippen molar-refractivity contribution in [1.29, 1.82) is 0 Å². The fourth-order valence-electron chi connectivity index (χ4n) is 11.3. The lowest BCUT2D eigenvalue weighted by Crippen LogP contribution is -2.69. The molecule has 2 N–H and O–H groups in total. The highest BCUT2D eigenvalue weighted by Gasteiger charge is 2.72. The maximum absolute atomic E-state index is 12.8. The average molecular weight is 459 g/mol. The van der Waals surface area contributed by atoms with Gasteiger partial charge in [0.15, 0.2) is 0 Å². The Morgan fingerprint density at radius 1 is 0.818 bits per heavy atom. The highest BCUT2D eigenvalue weighted by Crippen LogP contribution is 2.78. The molecule has 5 rings (SSSR count). The molecule has 33 heavy (non-hydrogen) atoms. The smallest absolute Gasteiger partial charge is 0.138 e. The first-order chi connectivity index (χ1) is 15.2. The molecular formula is C30H50O3. The Morgan fingerprint density at radius 2 is 1.42 bits per heavy atom. The highest BCUT2D eigenvalue weighted by atomic mass is 16.3. The molecule has 5 fully saturated rings. The third-order valence-corrected chi connectivity index (χ3v) is 13.9. The van der Waals surface area contributed by atoms with E-state index in [1.54, 1.807) is 0 Å². The van der Waals surface area contributed by atoms with E-state index in [1.807, 2.05) is 0 Å². The molecule has 3 heteroatoms. The lowest BCUT2D eigenvalue weighted by Gasteiger charge is -2.75. The topological polar surface area (TPSA) is 57.5 Å². The van der Waals surface area contributed by atoms with E-state index in [-0.39, 0.29) is 44.7 Å². The Hall–Kier alpha value is -0.410. The number of carbonyl (C=O) groups is 1. The predicted octanol–water partition coefficient (Wildman–Crippen LogP) is 6.40. The zero-order valence-electron chi connectivity index (χ0n) is 22.5. The number of aliphatic hydroxyl groups is 2. The molecule has 0 heterocycles. The summed E-state index contributed by atoms with van der Waals surface area (Å²) in [5.41, 5.74) is 1.00. The van der Waals surface area contributed by atoms with Crippen molar-refractivity contribution < 1.29 is 15.0 Å². The van der Waals surface area contributed by atoms with Crippen LogP contribution in [0.2, 0.25) is 0 Å². The molecule has 0 aromatic heterocycles. The normalized spacial score (nSPS) is 60.9. The van der Waals surface area contributed by atoms with Gasteiger partial charge < -0.3 is 10.2 Å². The third kappa shape index (κ3) is 2.90. The lowest BCUT2D eigenvalue weighted by molar-refractivity contribution is -0.269. The first-order valence-electron chi connectivity index (χ1n) is 14.0. The number of carbonyl (C=O) groups excluding carboxylic acids is 1. The number of aliphatic hydroxyl groups excluding tert-OH is 2. The third-order valence-electron chi connectivity index (χ3n) is 13.9. The van der Waals surface area contributed by atoms with Crippen LogP contribution in [0.15, 0.2) is 0 Å². The highest BCUT2D eigenvalue weighted by molar-refractivity contribution is 5.83. The summed E-state index contributed by atoms with van der Waals surface area (Å²) in [5.74, 6) is 1.81. The second-order valence-electron chi connectivity index (χ2n) is 15.3. The van der Waals surface area contributed by atoms with Gasteiger partial charge in [-0.1, -0.05) is 48.5 Å². The Kier molecular flexibility index (Phi) is 5.22. The number of hydrogen-bond acceptors (Lipinski definition) is 3. The summed E-state index contributed by atoms with van der Waals surface area (Å²) in [6.45, 7) is 17.4. The first-order valence-corrected chi connectivity index (χ1v) is 14.0. The fourth-order valence-corrected chi connectivity index (χ4v) is 11.3. The van der Waals surface area contributed by atoms with Crippen LogP contribution in [0.1, 0.15) is 113 Å². The largest absolute Gasteiger partial charge is 0.396 e. The summed E-state index contributed by atoms with van der Waals surface area (Å²) in [5, 5.41) is 21.7. The molecular weight excluding hydrogens is 408 g/mol. The van der Waals surface area contributed by atoms with Crippen LogP contribution >= 0.6 is 0 Å². The molecule has 5 aliphatic rings. The minimum Gasteiger partial charge on any atom is -0.396 e. The van der Waals surface area contributed by atoms with Crippen LogP contribution in [0.25, 0.3) is 0 Å². The van der Waals surface area contributed by atoms with Crippen molar-refractivity contribution in [3.05, 3.63) is 0 Å². The van der Waals surface area contributed by atoms with Crippen molar-refractivity contribution in [2.45, 2.75) is 119 Å². The maximum Gasteiger partial charge on any atom is 0.138 e. The minimum atomic E-state index is -0.485. The summed E-state index contributed by atoms with van der Waals surface area (Å²) >= 11 is 0. The van der Waals surface area contributed by atoms with Crippen molar-refractivity contribution in [3.63, 3.8) is 0 Å². The molecule has 11 unspecified atom stereocenters. The molecule has 0 spiro atoms. The van der Waals surface area contributed by atoms with Gasteiger partial charge in [-0.3, -0.25) is 4.79 Å². The van der Waals surface area contributed by atoms with Crippen LogP contribution in [0.4, 0.5) is 0 Å². The molecule has 188 valence electrons. The fraction of sp³-hybridized carbons (Fsp3) is 0.967. The molecule has 5 aliphatic carbocycles. The van der Waals surface area contributed by atoms with Crippen molar-refractivity contribution in [1.82, 2.24) is 0 Å². The summed E-state index contributed by atoms with van der Waals surface area (Å²) in [6.07, 6.45) is 10.7. The second-order valence-corrected chi connectivity index (χ2v) is 15.3. The maximum atomic E-state index is 12.8. The number of fused-ring (bicyclic) bond motifs is 7. The van der Waals surface area contributed by atoms with E-state index in [4.69, 9.17) is 0 Å². The van der Waals surface area contributed by atoms with Gasteiger partial charge in [0, 0.05) is 18.9 Å². The summed E-state index contributed by atoms with van der Waals surface area (Å²) in [7, 11) is 0. The van der Waals surface area contributed by atoms with Gasteiger partial charge in [-0.25, -0.2) is 0 Å². The number of rotatable bonds is 1. The van der Waals surface area contributed by atoms with E-state index in [2.05, 4.69) is 48.5 Å². The molecule has 0 aromatic rings. The van der Waals surface area contributed by atoms with E-state index in [9.17, 15) is 15.0 Å². The number of ketones is 1. The molecule has 0 saturated heterocycles. The minimum absolute atomic E-state index is 0.0584. The quantitative estimate of drug-likeness (QED) is 0.478. The van der Waals surface area contributed by atoms with Crippen LogP contribution in [0.5, 0.6) is 0 Å². The van der Waals surface area contributed by atoms with Crippen molar-refractivity contribution in [2.75, 3.05) is 6.61 Å². The number of hydrogen-bond donors (Lipinski definition) is 2. The first kappa shape index (κ1) is 24.3. The second kappa shape index (κ2) is 7.09. The van der Waals surface area contributed by atoms with Crippen LogP contribution in [-0.2, 0) is 4.79 Å². The van der Waals surface area contributed by atoms with E-state index in [1.165, 1.54) is 38.5 Å². The van der Waals surface area contributed by atoms with Gasteiger partial charge in [0.25, 0.3) is 0 Å². The van der Waals surface area contributed by atoms with Gasteiger partial charge in [-0.05, 0) is 108 Å². The van der Waals surface area contributed by atoms with Gasteiger partial charge >= 0.3 is 0 Å². The van der Waals surface area contributed by atoms with Crippen molar-refractivity contribution in [2.24, 2.45) is 56.2 Å². The van der Waals surface area contributed by atoms with Gasteiger partial charge in [0.05, 0.1) is 6.10 Å². The van der Waals surface area contributed by atoms with Gasteiger partial charge in [0.2, 0.25) is 0 Å². The molecule has 0 bridgehead atoms. The van der Waals surface area contributed by atoms with Crippen LogP contribution in [0, 0.1) is 56.2 Å². The summed E-state index contributed by atoms with van der Waals surface area (Å²) < 4.78 is 0. The monoisotopic (exact) mass is 458 g/mol. The lowest BCUT2D eigenvalue weighted by atomic mass is 9.30. The molecule has 0 radical (unpaired) electrons. The van der Waals surface area contributed by atoms with E-state index >= 15 is 0 Å². The molecule has 0 amide bonds. The molecule has 11 atom stereocenters. The molecule has 5 saturated carbocycles.